The second kappa shape index (κ2) is 6.52. The summed E-state index contributed by atoms with van der Waals surface area (Å²) in [4.78, 5) is 11.8. The number of carbonyl (C=O) groups excluding carboxylic acids is 1. The van der Waals surface area contributed by atoms with Gasteiger partial charge in [0.1, 0.15) is 11.5 Å². The highest BCUT2D eigenvalue weighted by atomic mass is 16.7. The number of carbonyl (C=O) groups is 1. The van der Waals surface area contributed by atoms with E-state index in [0.717, 1.165) is 5.76 Å². The van der Waals surface area contributed by atoms with E-state index in [9.17, 15) is 4.79 Å². The van der Waals surface area contributed by atoms with Crippen LogP contribution in [0.25, 0.3) is 0 Å². The first kappa shape index (κ1) is 16.3. The van der Waals surface area contributed by atoms with Crippen molar-refractivity contribution in [3.8, 4) is 17.2 Å². The molecule has 1 aliphatic carbocycles. The van der Waals surface area contributed by atoms with Crippen LogP contribution in [0.2, 0.25) is 0 Å². The zero-order chi connectivity index (χ0) is 17.2. The number of nitrogens with two attached hydrogens (primary N) is 2. The summed E-state index contributed by atoms with van der Waals surface area (Å²) in [5.74, 6) is 2.11. The van der Waals surface area contributed by atoms with E-state index < -0.39 is 18.2 Å². The lowest BCUT2D eigenvalue weighted by Crippen LogP contribution is -2.63. The molecule has 0 radical (unpaired) electrons. The van der Waals surface area contributed by atoms with Gasteiger partial charge in [-0.2, -0.15) is 0 Å². The molecule has 8 nitrogen and oxygen atoms in total. The van der Waals surface area contributed by atoms with Crippen LogP contribution in [0.5, 0.6) is 17.2 Å². The number of benzene rings is 1. The highest BCUT2D eigenvalue weighted by molar-refractivity contribution is 5.86. The zero-order valence-corrected chi connectivity index (χ0v) is 13.0. The molecule has 0 saturated heterocycles. The summed E-state index contributed by atoms with van der Waals surface area (Å²) in [5.41, 5.74) is 9.82. The van der Waals surface area contributed by atoms with Gasteiger partial charge in [-0.05, 0) is 30.7 Å². The molecule has 1 heterocycles. The predicted octanol–water partition coefficient (Wildman–Crippen LogP) is 0.0779. The van der Waals surface area contributed by atoms with Gasteiger partial charge in [0.25, 0.3) is 5.91 Å². The first-order chi connectivity index (χ1) is 11.5. The SMILES string of the molecule is NC(N)(CO)C(=O)NC1=CC=C(Oc2ccc3c(c2)OCO3)CC1. The summed E-state index contributed by atoms with van der Waals surface area (Å²) in [7, 11) is 0. The molecule has 0 atom stereocenters. The Hall–Kier alpha value is -2.55. The standard InChI is InChI=1S/C16H19N3O5/c17-16(18,8-20)15(21)19-10-1-3-11(4-2-10)24-12-5-6-13-14(7-12)23-9-22-13/h1,3,5-7,20H,2,4,8-9,17-18H2,(H,19,21). The zero-order valence-electron chi connectivity index (χ0n) is 13.0. The number of fused-ring (bicyclic) bond motifs is 1. The molecule has 0 fully saturated rings. The molecule has 3 rings (SSSR count). The van der Waals surface area contributed by atoms with Gasteiger partial charge < -0.3 is 36.1 Å². The van der Waals surface area contributed by atoms with Crippen molar-refractivity contribution in [3.05, 3.63) is 41.8 Å². The molecule has 128 valence electrons. The maximum Gasteiger partial charge on any atom is 0.261 e. The number of amides is 1. The highest BCUT2D eigenvalue weighted by Gasteiger charge is 2.29. The second-order valence-corrected chi connectivity index (χ2v) is 5.59. The Morgan fingerprint density at radius 1 is 1.25 bits per heavy atom. The van der Waals surface area contributed by atoms with E-state index in [1.807, 2.05) is 0 Å². The minimum atomic E-state index is -1.80. The third kappa shape index (κ3) is 3.51. The largest absolute Gasteiger partial charge is 0.462 e. The van der Waals surface area contributed by atoms with Crippen LogP contribution in [0.3, 0.4) is 0 Å². The Balaban J connectivity index is 1.62. The van der Waals surface area contributed by atoms with E-state index in [0.29, 0.717) is 35.8 Å². The molecule has 8 heteroatoms. The first-order valence-electron chi connectivity index (χ1n) is 7.45. The monoisotopic (exact) mass is 333 g/mol. The smallest absolute Gasteiger partial charge is 0.261 e. The molecule has 1 aromatic carbocycles. The Morgan fingerprint density at radius 2 is 2.04 bits per heavy atom. The number of nitrogens with one attached hydrogen (secondary N) is 1. The topological polar surface area (TPSA) is 129 Å². The number of ether oxygens (including phenoxy) is 3. The van der Waals surface area contributed by atoms with Crippen LogP contribution < -0.4 is 31.0 Å². The van der Waals surface area contributed by atoms with Gasteiger partial charge in [-0.15, -0.1) is 0 Å². The Bertz CT molecular complexity index is 712. The normalized spacial score (nSPS) is 16.3. The van der Waals surface area contributed by atoms with Crippen molar-refractivity contribution in [3.63, 3.8) is 0 Å². The van der Waals surface area contributed by atoms with Gasteiger partial charge in [0, 0.05) is 18.2 Å². The molecule has 0 aromatic heterocycles. The van der Waals surface area contributed by atoms with Gasteiger partial charge in [0.05, 0.1) is 6.61 Å². The lowest BCUT2D eigenvalue weighted by molar-refractivity contribution is -0.126. The summed E-state index contributed by atoms with van der Waals surface area (Å²) in [5, 5.41) is 11.6. The number of aliphatic hydroxyl groups is 1. The van der Waals surface area contributed by atoms with Gasteiger partial charge >= 0.3 is 0 Å². The van der Waals surface area contributed by atoms with Crippen LogP contribution in [0, 0.1) is 0 Å². The van der Waals surface area contributed by atoms with Gasteiger partial charge in [0.15, 0.2) is 17.2 Å². The van der Waals surface area contributed by atoms with Crippen LogP contribution in [0.15, 0.2) is 41.8 Å². The minimum Gasteiger partial charge on any atom is -0.462 e. The summed E-state index contributed by atoms with van der Waals surface area (Å²) in [6.07, 6.45) is 4.64. The summed E-state index contributed by atoms with van der Waals surface area (Å²) in [6, 6.07) is 5.36. The summed E-state index contributed by atoms with van der Waals surface area (Å²) >= 11 is 0. The number of hydrogen-bond acceptors (Lipinski definition) is 7. The molecule has 0 bridgehead atoms. The number of hydrogen-bond donors (Lipinski definition) is 4. The molecule has 0 spiro atoms. The lowest BCUT2D eigenvalue weighted by Gasteiger charge is -2.23. The van der Waals surface area contributed by atoms with E-state index in [1.165, 1.54) is 0 Å². The van der Waals surface area contributed by atoms with Gasteiger partial charge in [-0.25, -0.2) is 0 Å². The number of allylic oxidation sites excluding steroid dienone is 4. The van der Waals surface area contributed by atoms with E-state index >= 15 is 0 Å². The van der Waals surface area contributed by atoms with E-state index in [4.69, 9.17) is 30.8 Å². The fourth-order valence-electron chi connectivity index (χ4n) is 2.23. The number of aliphatic hydroxyl groups excluding tert-OH is 1. The van der Waals surface area contributed by atoms with Gasteiger partial charge in [-0.3, -0.25) is 4.79 Å². The highest BCUT2D eigenvalue weighted by Crippen LogP contribution is 2.36. The summed E-state index contributed by atoms with van der Waals surface area (Å²) < 4.78 is 16.4. The first-order valence-corrected chi connectivity index (χ1v) is 7.45. The predicted molar refractivity (Wildman–Crippen MR) is 84.9 cm³/mol. The fraction of sp³-hybridized carbons (Fsp3) is 0.312. The van der Waals surface area contributed by atoms with Crippen LogP contribution >= 0.6 is 0 Å². The van der Waals surface area contributed by atoms with Crippen molar-refractivity contribution in [2.45, 2.75) is 18.5 Å². The summed E-state index contributed by atoms with van der Waals surface area (Å²) in [6.45, 7) is -0.425. The van der Waals surface area contributed by atoms with Crippen LogP contribution in [-0.4, -0.2) is 30.1 Å². The third-order valence-corrected chi connectivity index (χ3v) is 3.66. The third-order valence-electron chi connectivity index (χ3n) is 3.66. The minimum absolute atomic E-state index is 0.213. The molecule has 2 aliphatic rings. The van der Waals surface area contributed by atoms with Crippen LogP contribution in [-0.2, 0) is 4.79 Å². The lowest BCUT2D eigenvalue weighted by atomic mass is 10.1. The molecule has 1 aromatic rings. The Morgan fingerprint density at radius 3 is 2.75 bits per heavy atom. The van der Waals surface area contributed by atoms with Gasteiger partial charge in [-0.1, -0.05) is 0 Å². The van der Waals surface area contributed by atoms with Crippen molar-refractivity contribution in [1.29, 1.82) is 0 Å². The molecular weight excluding hydrogens is 314 g/mol. The molecule has 1 amide bonds. The van der Waals surface area contributed by atoms with E-state index in [2.05, 4.69) is 5.32 Å². The molecule has 0 unspecified atom stereocenters. The molecule has 24 heavy (non-hydrogen) atoms. The fourth-order valence-corrected chi connectivity index (χ4v) is 2.23. The van der Waals surface area contributed by atoms with Crippen molar-refractivity contribution in [2.24, 2.45) is 11.5 Å². The van der Waals surface area contributed by atoms with Crippen molar-refractivity contribution < 1.29 is 24.1 Å². The van der Waals surface area contributed by atoms with E-state index in [-0.39, 0.29) is 6.79 Å². The van der Waals surface area contributed by atoms with Crippen LogP contribution in [0.4, 0.5) is 0 Å². The quantitative estimate of drug-likeness (QED) is 0.561. The Kier molecular flexibility index (Phi) is 4.43. The van der Waals surface area contributed by atoms with Crippen molar-refractivity contribution in [2.75, 3.05) is 13.4 Å². The second-order valence-electron chi connectivity index (χ2n) is 5.59. The average Bonchev–Trinajstić information content (AvgIpc) is 3.04. The average molecular weight is 333 g/mol. The maximum atomic E-state index is 11.8. The number of rotatable bonds is 5. The van der Waals surface area contributed by atoms with E-state index in [1.54, 1.807) is 30.4 Å². The van der Waals surface area contributed by atoms with Crippen molar-refractivity contribution in [1.82, 2.24) is 5.32 Å². The maximum absolute atomic E-state index is 11.8. The molecule has 1 aliphatic heterocycles. The molecule has 6 N–H and O–H groups in total. The Labute approximate surface area is 138 Å². The van der Waals surface area contributed by atoms with Crippen LogP contribution in [0.1, 0.15) is 12.8 Å². The molecule has 0 saturated carbocycles. The van der Waals surface area contributed by atoms with Crippen molar-refractivity contribution >= 4 is 5.91 Å². The van der Waals surface area contributed by atoms with Gasteiger partial charge in [0.2, 0.25) is 6.79 Å². The molecular formula is C16H19N3O5.